The molecule has 1 aromatic rings. The molecule has 1 fully saturated rings. The Labute approximate surface area is 131 Å². The van der Waals surface area contributed by atoms with E-state index in [0.29, 0.717) is 6.20 Å². The second-order valence-electron chi connectivity index (χ2n) is 5.99. The predicted molar refractivity (Wildman–Crippen MR) is 75.6 cm³/mol. The van der Waals surface area contributed by atoms with Crippen LogP contribution in [0.1, 0.15) is 26.5 Å². The van der Waals surface area contributed by atoms with E-state index in [1.54, 1.807) is 6.92 Å². The van der Waals surface area contributed by atoms with Gasteiger partial charge in [0.25, 0.3) is 0 Å². The van der Waals surface area contributed by atoms with Gasteiger partial charge in [-0.3, -0.25) is 4.98 Å². The third kappa shape index (κ3) is 3.91. The highest BCUT2D eigenvalue weighted by atomic mass is 19.4. The lowest BCUT2D eigenvalue weighted by Gasteiger charge is -2.44. The number of rotatable bonds is 3. The van der Waals surface area contributed by atoms with Crippen LogP contribution in [0.15, 0.2) is 12.4 Å². The maximum absolute atomic E-state index is 12.7. The second kappa shape index (κ2) is 6.58. The zero-order valence-electron chi connectivity index (χ0n) is 12.9. The van der Waals surface area contributed by atoms with Gasteiger partial charge in [-0.05, 0) is 12.8 Å². The molecule has 1 saturated heterocycles. The summed E-state index contributed by atoms with van der Waals surface area (Å²) in [7, 11) is 0. The van der Waals surface area contributed by atoms with Crippen LogP contribution in [0, 0.1) is 5.92 Å². The van der Waals surface area contributed by atoms with Gasteiger partial charge in [-0.15, -0.1) is 0 Å². The van der Waals surface area contributed by atoms with Gasteiger partial charge in [0.2, 0.25) is 0 Å². The molecule has 23 heavy (non-hydrogen) atoms. The van der Waals surface area contributed by atoms with Crippen molar-refractivity contribution in [3.8, 4) is 0 Å². The van der Waals surface area contributed by atoms with Gasteiger partial charge in [0, 0.05) is 0 Å². The maximum Gasteiger partial charge on any atom is 0.434 e. The van der Waals surface area contributed by atoms with Crippen LogP contribution in [-0.4, -0.2) is 50.6 Å². The molecule has 0 aromatic carbocycles. The average Bonchev–Trinajstić information content (AvgIpc) is 2.47. The summed E-state index contributed by atoms with van der Waals surface area (Å²) >= 11 is 0. The van der Waals surface area contributed by atoms with Crippen LogP contribution in [-0.2, 0) is 10.9 Å². The average molecular weight is 335 g/mol. The second-order valence-corrected chi connectivity index (χ2v) is 5.99. The number of ether oxygens (including phenoxy) is 1. The van der Waals surface area contributed by atoms with E-state index in [-0.39, 0.29) is 11.7 Å². The molecule has 0 aliphatic carbocycles. The molecule has 0 bridgehead atoms. The summed E-state index contributed by atoms with van der Waals surface area (Å²) in [6.07, 6.45) is -6.30. The summed E-state index contributed by atoms with van der Waals surface area (Å²) in [6.45, 7) is 5.34. The molecule has 2 rings (SSSR count). The third-order valence-corrected chi connectivity index (χ3v) is 3.82. The molecular formula is C14H20F3N3O3. The number of nitrogens with one attached hydrogen (secondary N) is 1. The molecule has 5 atom stereocenters. The first-order valence-corrected chi connectivity index (χ1v) is 7.28. The van der Waals surface area contributed by atoms with Gasteiger partial charge in [-0.25, -0.2) is 4.98 Å². The minimum Gasteiger partial charge on any atom is -0.388 e. The summed E-state index contributed by atoms with van der Waals surface area (Å²) in [5, 5.41) is 22.9. The van der Waals surface area contributed by atoms with E-state index in [1.165, 1.54) is 0 Å². The van der Waals surface area contributed by atoms with Gasteiger partial charge < -0.3 is 20.3 Å². The van der Waals surface area contributed by atoms with Gasteiger partial charge in [0.05, 0.1) is 30.6 Å². The van der Waals surface area contributed by atoms with Crippen LogP contribution >= 0.6 is 0 Å². The first kappa shape index (κ1) is 17.9. The molecule has 1 aromatic heterocycles. The van der Waals surface area contributed by atoms with E-state index in [0.717, 1.165) is 6.20 Å². The summed E-state index contributed by atoms with van der Waals surface area (Å²) in [5.41, 5.74) is -1.14. The Kier molecular flexibility index (Phi) is 5.12. The van der Waals surface area contributed by atoms with Gasteiger partial charge >= 0.3 is 6.18 Å². The fourth-order valence-electron chi connectivity index (χ4n) is 2.58. The minimum atomic E-state index is -4.61. The number of nitrogens with zero attached hydrogens (tertiary/aromatic N) is 2. The van der Waals surface area contributed by atoms with Crippen molar-refractivity contribution in [2.75, 3.05) is 5.32 Å². The lowest BCUT2D eigenvalue weighted by atomic mass is 9.87. The third-order valence-electron chi connectivity index (χ3n) is 3.82. The highest BCUT2D eigenvalue weighted by molar-refractivity contribution is 5.35. The highest BCUT2D eigenvalue weighted by Crippen LogP contribution is 2.30. The van der Waals surface area contributed by atoms with E-state index in [1.807, 2.05) is 13.8 Å². The van der Waals surface area contributed by atoms with Gasteiger partial charge in [0.1, 0.15) is 18.0 Å². The van der Waals surface area contributed by atoms with Crippen molar-refractivity contribution in [3.63, 3.8) is 0 Å². The van der Waals surface area contributed by atoms with E-state index in [9.17, 15) is 23.4 Å². The molecule has 9 heteroatoms. The minimum absolute atomic E-state index is 0.0316. The number of hydrogen-bond donors (Lipinski definition) is 3. The summed E-state index contributed by atoms with van der Waals surface area (Å²) in [6, 6.07) is -0.806. The van der Waals surface area contributed by atoms with Crippen molar-refractivity contribution in [3.05, 3.63) is 18.1 Å². The number of anilines is 1. The number of aliphatic hydroxyl groups is 2. The first-order valence-electron chi connectivity index (χ1n) is 7.28. The van der Waals surface area contributed by atoms with Crippen molar-refractivity contribution < 1.29 is 28.1 Å². The number of aliphatic hydroxyl groups excluding tert-OH is 2. The van der Waals surface area contributed by atoms with Crippen molar-refractivity contribution in [2.24, 2.45) is 5.92 Å². The van der Waals surface area contributed by atoms with E-state index in [4.69, 9.17) is 4.74 Å². The Morgan fingerprint density at radius 3 is 2.43 bits per heavy atom. The topological polar surface area (TPSA) is 87.5 Å². The van der Waals surface area contributed by atoms with E-state index < -0.39 is 42.3 Å². The van der Waals surface area contributed by atoms with Crippen LogP contribution in [0.3, 0.4) is 0 Å². The zero-order chi connectivity index (χ0) is 17.4. The number of halogens is 3. The molecule has 0 spiro atoms. The van der Waals surface area contributed by atoms with Gasteiger partial charge in [-0.2, -0.15) is 13.2 Å². The summed E-state index contributed by atoms with van der Waals surface area (Å²) in [4.78, 5) is 6.98. The molecule has 3 N–H and O–H groups in total. The molecule has 0 saturated carbocycles. The maximum atomic E-state index is 12.7. The standard InChI is InChI=1S/C14H20F3N3O3/c1-6(2)13-10(12(22)11(21)7(3)23-13)20-9-5-18-4-8(19-9)14(15,16)17/h4-7,10-13,21-22H,1-3H3,(H,19,20)/t7-,10-,11+,12-,13?/m1/s1. The highest BCUT2D eigenvalue weighted by Gasteiger charge is 2.44. The Balaban J connectivity index is 2.25. The lowest BCUT2D eigenvalue weighted by molar-refractivity contribution is -0.178. The SMILES string of the molecule is CC(C)C1O[C@H](C)[C@H](O)[C@H](O)[C@H]1Nc1cncc(C(F)(F)F)n1. The molecule has 1 unspecified atom stereocenters. The molecule has 6 nitrogen and oxygen atoms in total. The first-order chi connectivity index (χ1) is 10.6. The molecule has 1 aliphatic rings. The number of alkyl halides is 3. The molecule has 1 aliphatic heterocycles. The molecular weight excluding hydrogens is 315 g/mol. The van der Waals surface area contributed by atoms with Crippen molar-refractivity contribution in [1.82, 2.24) is 9.97 Å². The number of aromatic nitrogens is 2. The predicted octanol–water partition coefficient (Wildman–Crippen LogP) is 1.44. The van der Waals surface area contributed by atoms with Gasteiger partial charge in [0.15, 0.2) is 5.69 Å². The molecule has 0 radical (unpaired) electrons. The van der Waals surface area contributed by atoms with Crippen molar-refractivity contribution in [2.45, 2.75) is 57.4 Å². The fourth-order valence-corrected chi connectivity index (χ4v) is 2.58. The van der Waals surface area contributed by atoms with Crippen molar-refractivity contribution >= 4 is 5.82 Å². The van der Waals surface area contributed by atoms with Crippen LogP contribution in [0.5, 0.6) is 0 Å². The fraction of sp³-hybridized carbons (Fsp3) is 0.714. The smallest absolute Gasteiger partial charge is 0.388 e. The lowest BCUT2D eigenvalue weighted by Crippen LogP contribution is -2.60. The van der Waals surface area contributed by atoms with Gasteiger partial charge in [-0.1, -0.05) is 13.8 Å². The number of hydrogen-bond acceptors (Lipinski definition) is 6. The van der Waals surface area contributed by atoms with Crippen molar-refractivity contribution in [1.29, 1.82) is 0 Å². The molecule has 2 heterocycles. The van der Waals surface area contributed by atoms with E-state index in [2.05, 4.69) is 15.3 Å². The molecule has 0 amide bonds. The van der Waals surface area contributed by atoms with Crippen LogP contribution in [0.2, 0.25) is 0 Å². The monoisotopic (exact) mass is 335 g/mol. The zero-order valence-corrected chi connectivity index (χ0v) is 12.9. The summed E-state index contributed by atoms with van der Waals surface area (Å²) in [5.74, 6) is -0.171. The quantitative estimate of drug-likeness (QED) is 0.775. The normalized spacial score (nSPS) is 32.1. The van der Waals surface area contributed by atoms with Crippen LogP contribution in [0.25, 0.3) is 0 Å². The van der Waals surface area contributed by atoms with Crippen LogP contribution in [0.4, 0.5) is 19.0 Å². The Bertz CT molecular complexity index is 541. The largest absolute Gasteiger partial charge is 0.434 e. The Morgan fingerprint density at radius 2 is 1.87 bits per heavy atom. The Hall–Kier alpha value is -1.45. The summed E-state index contributed by atoms with van der Waals surface area (Å²) < 4.78 is 43.8. The van der Waals surface area contributed by atoms with Crippen LogP contribution < -0.4 is 5.32 Å². The Morgan fingerprint density at radius 1 is 1.22 bits per heavy atom. The van der Waals surface area contributed by atoms with E-state index >= 15 is 0 Å². The molecule has 130 valence electrons.